The molecule has 2 aromatic carbocycles. The summed E-state index contributed by atoms with van der Waals surface area (Å²) in [5, 5.41) is 6.76. The summed E-state index contributed by atoms with van der Waals surface area (Å²) in [4.78, 5) is 11.8. The van der Waals surface area contributed by atoms with Gasteiger partial charge in [-0.05, 0) is 54.8 Å². The minimum absolute atomic E-state index is 0.0345. The van der Waals surface area contributed by atoms with Crippen LogP contribution in [-0.2, 0) is 24.8 Å². The molecular weight excluding hydrogens is 411 g/mol. The zero-order valence-electron chi connectivity index (χ0n) is 18.5. The molecule has 1 fully saturated rings. The molecule has 0 aliphatic carbocycles. The fourth-order valence-electron chi connectivity index (χ4n) is 3.78. The Morgan fingerprint density at radius 3 is 2.61 bits per heavy atom. The molecule has 0 spiro atoms. The number of rotatable bonds is 5. The molecular formula is C24H29N2O4P. The Morgan fingerprint density at radius 2 is 1.90 bits per heavy atom. The van der Waals surface area contributed by atoms with Crippen molar-refractivity contribution in [1.29, 1.82) is 0 Å². The predicted molar refractivity (Wildman–Crippen MR) is 124 cm³/mol. The maximum absolute atomic E-state index is 13.7. The number of carbonyl (C=O) groups is 1. The smallest absolute Gasteiger partial charge is 0.361 e. The van der Waals surface area contributed by atoms with Crippen molar-refractivity contribution in [2.45, 2.75) is 34.1 Å². The van der Waals surface area contributed by atoms with E-state index in [2.05, 4.69) is 36.6 Å². The third-order valence-electron chi connectivity index (χ3n) is 5.54. The molecule has 2 heterocycles. The van der Waals surface area contributed by atoms with Crippen LogP contribution in [0.4, 0.5) is 11.4 Å². The number of fused-ring (bicyclic) bond motifs is 1. The van der Waals surface area contributed by atoms with Gasteiger partial charge in [0.2, 0.25) is 5.91 Å². The molecule has 4 rings (SSSR count). The SMILES string of the molecule is Cc1ccc(NC/C=C(/c2ccc3c(c2)CC(=O)N3)P2(=O)OCC(C)(C)CO2)c(C)c1. The molecule has 2 aliphatic rings. The second-order valence-corrected chi connectivity index (χ2v) is 11.1. The summed E-state index contributed by atoms with van der Waals surface area (Å²) in [6.07, 6.45) is 2.20. The average Bonchev–Trinajstić information content (AvgIpc) is 3.08. The second-order valence-electron chi connectivity index (χ2n) is 9.09. The summed E-state index contributed by atoms with van der Waals surface area (Å²) in [5.74, 6) is -0.0345. The highest BCUT2D eigenvalue weighted by Crippen LogP contribution is 2.63. The molecule has 7 heteroatoms. The lowest BCUT2D eigenvalue weighted by Crippen LogP contribution is -2.29. The van der Waals surface area contributed by atoms with Crippen LogP contribution in [0.2, 0.25) is 0 Å². The number of aryl methyl sites for hydroxylation is 2. The summed E-state index contributed by atoms with van der Waals surface area (Å²) < 4.78 is 25.4. The van der Waals surface area contributed by atoms with Crippen molar-refractivity contribution in [3.8, 4) is 0 Å². The molecule has 0 saturated carbocycles. The zero-order chi connectivity index (χ0) is 22.2. The summed E-state index contributed by atoms with van der Waals surface area (Å²) >= 11 is 0. The number of amides is 1. The molecule has 0 radical (unpaired) electrons. The van der Waals surface area contributed by atoms with Crippen molar-refractivity contribution < 1.29 is 18.4 Å². The Labute approximate surface area is 183 Å². The average molecular weight is 440 g/mol. The Hall–Kier alpha value is -2.40. The Bertz CT molecular complexity index is 1090. The van der Waals surface area contributed by atoms with Crippen LogP contribution in [0.5, 0.6) is 0 Å². The van der Waals surface area contributed by atoms with Gasteiger partial charge in [0.05, 0.1) is 24.9 Å². The first kappa shape index (κ1) is 21.8. The lowest BCUT2D eigenvalue weighted by atomic mass is 9.97. The number of hydrogen-bond acceptors (Lipinski definition) is 5. The van der Waals surface area contributed by atoms with E-state index in [-0.39, 0.29) is 11.3 Å². The first-order valence-corrected chi connectivity index (χ1v) is 12.0. The molecule has 0 atom stereocenters. The van der Waals surface area contributed by atoms with Gasteiger partial charge in [-0.3, -0.25) is 9.36 Å². The van der Waals surface area contributed by atoms with Crippen LogP contribution in [0.25, 0.3) is 5.31 Å². The van der Waals surface area contributed by atoms with Gasteiger partial charge in [-0.25, -0.2) is 0 Å². The van der Waals surface area contributed by atoms with Gasteiger partial charge in [0.25, 0.3) is 0 Å². The number of hydrogen-bond donors (Lipinski definition) is 2. The van der Waals surface area contributed by atoms with Crippen LogP contribution in [0.3, 0.4) is 0 Å². The molecule has 0 bridgehead atoms. The largest absolute Gasteiger partial charge is 0.381 e. The van der Waals surface area contributed by atoms with Crippen molar-refractivity contribution in [2.75, 3.05) is 30.4 Å². The monoisotopic (exact) mass is 440 g/mol. The summed E-state index contributed by atoms with van der Waals surface area (Å²) in [7, 11) is -3.49. The first-order chi connectivity index (χ1) is 14.7. The molecule has 1 saturated heterocycles. The van der Waals surface area contributed by atoms with Gasteiger partial charge in [0, 0.05) is 23.3 Å². The summed E-state index contributed by atoms with van der Waals surface area (Å²) in [6.45, 7) is 9.35. The van der Waals surface area contributed by atoms with Crippen LogP contribution in [-0.4, -0.2) is 25.7 Å². The summed E-state index contributed by atoms with van der Waals surface area (Å²) in [6, 6.07) is 11.8. The van der Waals surface area contributed by atoms with Crippen molar-refractivity contribution in [1.82, 2.24) is 0 Å². The minimum atomic E-state index is -3.49. The number of anilines is 2. The molecule has 2 aliphatic heterocycles. The minimum Gasteiger partial charge on any atom is -0.381 e. The molecule has 1 amide bonds. The van der Waals surface area contributed by atoms with Gasteiger partial charge in [-0.15, -0.1) is 0 Å². The van der Waals surface area contributed by atoms with Crippen molar-refractivity contribution in [3.63, 3.8) is 0 Å². The van der Waals surface area contributed by atoms with Gasteiger partial charge in [0.1, 0.15) is 0 Å². The van der Waals surface area contributed by atoms with Crippen LogP contribution in [0.1, 0.15) is 36.1 Å². The van der Waals surface area contributed by atoms with Crippen LogP contribution < -0.4 is 10.6 Å². The van der Waals surface area contributed by atoms with E-state index in [0.29, 0.717) is 31.5 Å². The van der Waals surface area contributed by atoms with Gasteiger partial charge < -0.3 is 19.7 Å². The lowest BCUT2D eigenvalue weighted by Gasteiger charge is -2.35. The van der Waals surface area contributed by atoms with Gasteiger partial charge in [-0.1, -0.05) is 37.6 Å². The number of benzene rings is 2. The van der Waals surface area contributed by atoms with E-state index < -0.39 is 7.60 Å². The van der Waals surface area contributed by atoms with E-state index in [4.69, 9.17) is 9.05 Å². The maximum Gasteiger partial charge on any atom is 0.361 e. The normalized spacial score (nSPS) is 19.6. The van der Waals surface area contributed by atoms with E-state index in [1.165, 1.54) is 5.56 Å². The van der Waals surface area contributed by atoms with Crippen LogP contribution in [0.15, 0.2) is 42.5 Å². The van der Waals surface area contributed by atoms with Gasteiger partial charge in [-0.2, -0.15) is 0 Å². The topological polar surface area (TPSA) is 76.7 Å². The quantitative estimate of drug-likeness (QED) is 0.599. The van der Waals surface area contributed by atoms with Crippen molar-refractivity contribution >= 4 is 30.2 Å². The molecule has 2 aromatic rings. The molecule has 0 unspecified atom stereocenters. The highest BCUT2D eigenvalue weighted by molar-refractivity contribution is 7.65. The Kier molecular flexibility index (Phi) is 5.82. The van der Waals surface area contributed by atoms with Crippen molar-refractivity contribution in [3.05, 3.63) is 64.7 Å². The van der Waals surface area contributed by atoms with E-state index in [1.807, 2.05) is 44.2 Å². The van der Waals surface area contributed by atoms with E-state index in [0.717, 1.165) is 28.1 Å². The van der Waals surface area contributed by atoms with Crippen LogP contribution >= 0.6 is 7.60 Å². The summed E-state index contributed by atoms with van der Waals surface area (Å²) in [5.41, 5.74) is 5.62. The third-order valence-corrected chi connectivity index (χ3v) is 7.51. The van der Waals surface area contributed by atoms with Gasteiger partial charge >= 0.3 is 7.60 Å². The van der Waals surface area contributed by atoms with Crippen LogP contribution in [0, 0.1) is 19.3 Å². The zero-order valence-corrected chi connectivity index (χ0v) is 19.3. The second kappa shape index (κ2) is 8.27. The fraction of sp³-hybridized carbons (Fsp3) is 0.375. The molecule has 31 heavy (non-hydrogen) atoms. The molecule has 6 nitrogen and oxygen atoms in total. The number of carbonyl (C=O) groups excluding carboxylic acids is 1. The Morgan fingerprint density at radius 1 is 1.16 bits per heavy atom. The van der Waals surface area contributed by atoms with Gasteiger partial charge in [0.15, 0.2) is 0 Å². The van der Waals surface area contributed by atoms with Crippen molar-refractivity contribution in [2.24, 2.45) is 5.41 Å². The molecule has 2 N–H and O–H groups in total. The predicted octanol–water partition coefficient (Wildman–Crippen LogP) is 5.52. The standard InChI is InChI=1S/C24H29N2O4P/c1-16-5-7-20(17(2)11-16)25-10-9-22(31(28)29-14-24(3,4)15-30-31)18-6-8-21-19(12-18)13-23(27)26-21/h5-9,11-12,25H,10,13-15H2,1-4H3,(H,26,27)/b22-9-. The highest BCUT2D eigenvalue weighted by Gasteiger charge is 2.40. The van der Waals surface area contributed by atoms with E-state index in [9.17, 15) is 9.36 Å². The maximum atomic E-state index is 13.7. The fourth-order valence-corrected chi connectivity index (χ4v) is 5.95. The molecule has 164 valence electrons. The molecule has 0 aromatic heterocycles. The highest BCUT2D eigenvalue weighted by atomic mass is 31.2. The van der Waals surface area contributed by atoms with E-state index in [1.54, 1.807) is 0 Å². The number of nitrogens with one attached hydrogen (secondary N) is 2. The van der Waals surface area contributed by atoms with E-state index >= 15 is 0 Å². The lowest BCUT2D eigenvalue weighted by molar-refractivity contribution is -0.115. The Balaban J connectivity index is 1.64. The third kappa shape index (κ3) is 4.77. The first-order valence-electron chi connectivity index (χ1n) is 10.5.